The number of pyridine rings is 1. The number of unbranched alkanes of at least 4 members (excludes halogenated alkanes) is 1. The van der Waals surface area contributed by atoms with Gasteiger partial charge in [0, 0.05) is 23.5 Å². The zero-order valence-electron chi connectivity index (χ0n) is 15.9. The number of aromatic nitrogens is 4. The Bertz CT molecular complexity index is 630. The number of hydrogen-bond acceptors (Lipinski definition) is 5. The van der Waals surface area contributed by atoms with Crippen LogP contribution in [0.25, 0.3) is 0 Å². The Balaban J connectivity index is 1.85. The second-order valence-corrected chi connectivity index (χ2v) is 7.68. The van der Waals surface area contributed by atoms with Gasteiger partial charge in [0.25, 0.3) is 0 Å². The SMILES string of the molecule is Cc1cc(OCCCCC(C(O)C(C)(C)C)n2cncn2)cc(C)n1. The Kier molecular flexibility index (Phi) is 6.53. The van der Waals surface area contributed by atoms with Crippen LogP contribution >= 0.6 is 0 Å². The lowest BCUT2D eigenvalue weighted by Gasteiger charge is -2.33. The standard InChI is InChI=1S/C19H30N4O2/c1-14-10-16(11-15(2)22-14)25-9-7-6-8-17(18(24)19(3,4)5)23-13-20-12-21-23/h10-13,17-18,24H,6-9H2,1-5H3. The maximum Gasteiger partial charge on any atom is 0.137 e. The second-order valence-electron chi connectivity index (χ2n) is 7.68. The van der Waals surface area contributed by atoms with Crippen molar-refractivity contribution in [1.29, 1.82) is 0 Å². The number of ether oxygens (including phenoxy) is 1. The predicted molar refractivity (Wildman–Crippen MR) is 97.6 cm³/mol. The molecule has 25 heavy (non-hydrogen) atoms. The molecule has 138 valence electrons. The monoisotopic (exact) mass is 346 g/mol. The van der Waals surface area contributed by atoms with Crippen LogP contribution in [0, 0.1) is 19.3 Å². The third-order valence-corrected chi connectivity index (χ3v) is 4.25. The highest BCUT2D eigenvalue weighted by Crippen LogP contribution is 2.31. The molecular formula is C19H30N4O2. The van der Waals surface area contributed by atoms with Crippen LogP contribution in [0.5, 0.6) is 5.75 Å². The first-order valence-corrected chi connectivity index (χ1v) is 8.87. The minimum atomic E-state index is -0.486. The van der Waals surface area contributed by atoms with Crippen LogP contribution in [0.3, 0.4) is 0 Å². The molecule has 2 rings (SSSR count). The molecule has 0 bridgehead atoms. The number of hydrogen-bond donors (Lipinski definition) is 1. The van der Waals surface area contributed by atoms with Gasteiger partial charge in [0.1, 0.15) is 18.4 Å². The average molecular weight is 346 g/mol. The lowest BCUT2D eigenvalue weighted by atomic mass is 9.83. The van der Waals surface area contributed by atoms with Gasteiger partial charge in [0.05, 0.1) is 18.8 Å². The number of aliphatic hydroxyl groups is 1. The molecule has 0 radical (unpaired) electrons. The van der Waals surface area contributed by atoms with E-state index in [0.29, 0.717) is 6.61 Å². The molecule has 2 heterocycles. The molecule has 0 saturated carbocycles. The normalized spacial score (nSPS) is 14.3. The predicted octanol–water partition coefficient (Wildman–Crippen LogP) is 3.49. The first kappa shape index (κ1) is 19.4. The average Bonchev–Trinajstić information content (AvgIpc) is 3.02. The zero-order valence-corrected chi connectivity index (χ0v) is 15.9. The fourth-order valence-electron chi connectivity index (χ4n) is 2.93. The Morgan fingerprint density at radius 2 is 1.84 bits per heavy atom. The Morgan fingerprint density at radius 3 is 2.40 bits per heavy atom. The summed E-state index contributed by atoms with van der Waals surface area (Å²) in [4.78, 5) is 8.37. The van der Waals surface area contributed by atoms with E-state index in [0.717, 1.165) is 36.4 Å². The van der Waals surface area contributed by atoms with Crippen molar-refractivity contribution in [3.63, 3.8) is 0 Å². The molecule has 0 amide bonds. The second kappa shape index (κ2) is 8.43. The summed E-state index contributed by atoms with van der Waals surface area (Å²) in [7, 11) is 0. The summed E-state index contributed by atoms with van der Waals surface area (Å²) < 4.78 is 7.60. The van der Waals surface area contributed by atoms with Crippen LogP contribution in [-0.4, -0.2) is 37.6 Å². The van der Waals surface area contributed by atoms with Gasteiger partial charge in [0.2, 0.25) is 0 Å². The van der Waals surface area contributed by atoms with Gasteiger partial charge >= 0.3 is 0 Å². The highest BCUT2D eigenvalue weighted by molar-refractivity contribution is 5.25. The number of rotatable bonds is 8. The van der Waals surface area contributed by atoms with Gasteiger partial charge in [0.15, 0.2) is 0 Å². The van der Waals surface area contributed by atoms with Gasteiger partial charge in [-0.15, -0.1) is 0 Å². The summed E-state index contributed by atoms with van der Waals surface area (Å²) in [5, 5.41) is 14.9. The van der Waals surface area contributed by atoms with Crippen LogP contribution in [-0.2, 0) is 0 Å². The van der Waals surface area contributed by atoms with Crippen LogP contribution < -0.4 is 4.74 Å². The molecule has 6 nitrogen and oxygen atoms in total. The first-order chi connectivity index (χ1) is 11.8. The van der Waals surface area contributed by atoms with Gasteiger partial charge in [-0.3, -0.25) is 4.98 Å². The quantitative estimate of drug-likeness (QED) is 0.741. The molecule has 2 atom stereocenters. The zero-order chi connectivity index (χ0) is 18.4. The molecule has 0 aliphatic carbocycles. The minimum absolute atomic E-state index is 0.0760. The van der Waals surface area contributed by atoms with Crippen molar-refractivity contribution in [3.8, 4) is 5.75 Å². The first-order valence-electron chi connectivity index (χ1n) is 8.87. The Morgan fingerprint density at radius 1 is 1.16 bits per heavy atom. The lowest BCUT2D eigenvalue weighted by molar-refractivity contribution is 0.00823. The van der Waals surface area contributed by atoms with Crippen LogP contribution in [0.2, 0.25) is 0 Å². The van der Waals surface area contributed by atoms with Crippen molar-refractivity contribution in [1.82, 2.24) is 19.7 Å². The fourth-order valence-corrected chi connectivity index (χ4v) is 2.93. The largest absolute Gasteiger partial charge is 0.493 e. The molecule has 2 unspecified atom stereocenters. The summed E-state index contributed by atoms with van der Waals surface area (Å²) >= 11 is 0. The molecule has 0 spiro atoms. The molecule has 2 aromatic rings. The smallest absolute Gasteiger partial charge is 0.137 e. The Labute approximate surface area is 150 Å². The van der Waals surface area contributed by atoms with Gasteiger partial charge in [-0.2, -0.15) is 5.10 Å². The van der Waals surface area contributed by atoms with Gasteiger partial charge in [-0.25, -0.2) is 9.67 Å². The summed E-state index contributed by atoms with van der Waals surface area (Å²) in [6.07, 6.45) is 5.40. The molecule has 0 aliphatic heterocycles. The van der Waals surface area contributed by atoms with E-state index in [9.17, 15) is 5.11 Å². The van der Waals surface area contributed by atoms with Crippen molar-refractivity contribution in [2.75, 3.05) is 6.61 Å². The number of aryl methyl sites for hydroxylation is 2. The number of nitrogens with zero attached hydrogens (tertiary/aromatic N) is 4. The highest BCUT2D eigenvalue weighted by Gasteiger charge is 2.31. The molecule has 2 aromatic heterocycles. The fraction of sp³-hybridized carbons (Fsp3) is 0.632. The maximum absolute atomic E-state index is 10.7. The lowest BCUT2D eigenvalue weighted by Crippen LogP contribution is -2.35. The van der Waals surface area contributed by atoms with Crippen molar-refractivity contribution in [3.05, 3.63) is 36.2 Å². The molecule has 0 fully saturated rings. The highest BCUT2D eigenvalue weighted by atomic mass is 16.5. The van der Waals surface area contributed by atoms with E-state index in [1.165, 1.54) is 6.33 Å². The third kappa shape index (κ3) is 5.81. The summed E-state index contributed by atoms with van der Waals surface area (Å²) in [5.41, 5.74) is 1.73. The molecule has 0 aliphatic rings. The van der Waals surface area contributed by atoms with Crippen molar-refractivity contribution in [2.24, 2.45) is 5.41 Å². The van der Waals surface area contributed by atoms with Crippen molar-refractivity contribution in [2.45, 2.75) is 66.0 Å². The van der Waals surface area contributed by atoms with Crippen LogP contribution in [0.15, 0.2) is 24.8 Å². The van der Waals surface area contributed by atoms with E-state index in [1.54, 1.807) is 11.0 Å². The van der Waals surface area contributed by atoms with Gasteiger partial charge in [-0.05, 0) is 38.5 Å². The molecule has 0 aromatic carbocycles. The van der Waals surface area contributed by atoms with Crippen LogP contribution in [0.4, 0.5) is 0 Å². The maximum atomic E-state index is 10.7. The van der Waals surface area contributed by atoms with E-state index in [4.69, 9.17) is 4.74 Å². The number of aliphatic hydroxyl groups excluding tert-OH is 1. The van der Waals surface area contributed by atoms with E-state index in [2.05, 4.69) is 15.1 Å². The van der Waals surface area contributed by atoms with Gasteiger partial charge < -0.3 is 9.84 Å². The molecule has 6 heteroatoms. The topological polar surface area (TPSA) is 73.1 Å². The van der Waals surface area contributed by atoms with E-state index in [1.807, 2.05) is 46.8 Å². The van der Waals surface area contributed by atoms with E-state index < -0.39 is 6.10 Å². The van der Waals surface area contributed by atoms with Crippen LogP contribution in [0.1, 0.15) is 57.5 Å². The van der Waals surface area contributed by atoms with Crippen molar-refractivity contribution >= 4 is 0 Å². The van der Waals surface area contributed by atoms with E-state index in [-0.39, 0.29) is 11.5 Å². The summed E-state index contributed by atoms with van der Waals surface area (Å²) in [5.74, 6) is 0.868. The summed E-state index contributed by atoms with van der Waals surface area (Å²) in [6.45, 7) is 10.7. The van der Waals surface area contributed by atoms with Gasteiger partial charge in [-0.1, -0.05) is 20.8 Å². The molecule has 0 saturated heterocycles. The minimum Gasteiger partial charge on any atom is -0.493 e. The Hall–Kier alpha value is -1.95. The van der Waals surface area contributed by atoms with Crippen molar-refractivity contribution < 1.29 is 9.84 Å². The molecular weight excluding hydrogens is 316 g/mol. The molecule has 1 N–H and O–H groups in total. The third-order valence-electron chi connectivity index (χ3n) is 4.25. The van der Waals surface area contributed by atoms with E-state index >= 15 is 0 Å². The summed E-state index contributed by atoms with van der Waals surface area (Å²) in [6, 6.07) is 3.83.